The van der Waals surface area contributed by atoms with Gasteiger partial charge in [0.25, 0.3) is 0 Å². The Balaban J connectivity index is 2.14. The molecule has 1 aliphatic heterocycles. The molecule has 0 bridgehead atoms. The SMILES string of the molecule is CS(=O)(=O)NCCNC(=O)C1CCNCC1. The number of sulfonamides is 1. The lowest BCUT2D eigenvalue weighted by atomic mass is 9.97. The van der Waals surface area contributed by atoms with Crippen LogP contribution in [0, 0.1) is 5.92 Å². The lowest BCUT2D eigenvalue weighted by Gasteiger charge is -2.21. The van der Waals surface area contributed by atoms with Crippen molar-refractivity contribution in [1.29, 1.82) is 0 Å². The van der Waals surface area contributed by atoms with E-state index in [-0.39, 0.29) is 18.4 Å². The van der Waals surface area contributed by atoms with Crippen LogP contribution in [0.5, 0.6) is 0 Å². The predicted molar refractivity (Wildman–Crippen MR) is 61.4 cm³/mol. The van der Waals surface area contributed by atoms with Crippen LogP contribution >= 0.6 is 0 Å². The van der Waals surface area contributed by atoms with Crippen LogP contribution in [0.3, 0.4) is 0 Å². The molecule has 3 N–H and O–H groups in total. The predicted octanol–water partition coefficient (Wildman–Crippen LogP) is -1.35. The summed E-state index contributed by atoms with van der Waals surface area (Å²) >= 11 is 0. The van der Waals surface area contributed by atoms with Crippen LogP contribution in [-0.2, 0) is 14.8 Å². The van der Waals surface area contributed by atoms with Gasteiger partial charge in [-0.05, 0) is 25.9 Å². The zero-order valence-corrected chi connectivity index (χ0v) is 10.3. The summed E-state index contributed by atoms with van der Waals surface area (Å²) < 4.78 is 23.8. The fourth-order valence-electron chi connectivity index (χ4n) is 1.65. The first-order valence-corrected chi connectivity index (χ1v) is 7.31. The van der Waals surface area contributed by atoms with Gasteiger partial charge < -0.3 is 10.6 Å². The summed E-state index contributed by atoms with van der Waals surface area (Å²) in [7, 11) is -3.16. The van der Waals surface area contributed by atoms with E-state index in [9.17, 15) is 13.2 Å². The van der Waals surface area contributed by atoms with Crippen LogP contribution in [0.25, 0.3) is 0 Å². The summed E-state index contributed by atoms with van der Waals surface area (Å²) in [5, 5.41) is 5.92. The van der Waals surface area contributed by atoms with Crippen LogP contribution in [0.4, 0.5) is 0 Å². The standard InChI is InChI=1S/C9H19N3O3S/c1-16(14,15)12-7-6-11-9(13)8-2-4-10-5-3-8/h8,10,12H,2-7H2,1H3,(H,11,13). The van der Waals surface area contributed by atoms with E-state index in [1.54, 1.807) is 0 Å². The third-order valence-corrected chi connectivity index (χ3v) is 3.23. The zero-order valence-electron chi connectivity index (χ0n) is 9.45. The maximum Gasteiger partial charge on any atom is 0.223 e. The minimum atomic E-state index is -3.16. The lowest BCUT2D eigenvalue weighted by molar-refractivity contribution is -0.125. The van der Waals surface area contributed by atoms with Crippen molar-refractivity contribution in [3.05, 3.63) is 0 Å². The molecule has 1 aliphatic rings. The number of carbonyl (C=O) groups is 1. The van der Waals surface area contributed by atoms with E-state index >= 15 is 0 Å². The molecule has 0 radical (unpaired) electrons. The van der Waals surface area contributed by atoms with E-state index in [4.69, 9.17) is 0 Å². The van der Waals surface area contributed by atoms with Gasteiger partial charge in [-0.15, -0.1) is 0 Å². The Morgan fingerprint density at radius 3 is 2.50 bits per heavy atom. The van der Waals surface area contributed by atoms with Gasteiger partial charge in [-0.1, -0.05) is 0 Å². The normalized spacial score (nSPS) is 18.3. The van der Waals surface area contributed by atoms with Gasteiger partial charge in [0.1, 0.15) is 0 Å². The lowest BCUT2D eigenvalue weighted by Crippen LogP contribution is -2.41. The van der Waals surface area contributed by atoms with Gasteiger partial charge in [-0.2, -0.15) is 0 Å². The van der Waals surface area contributed by atoms with Crippen molar-refractivity contribution >= 4 is 15.9 Å². The molecule has 1 amide bonds. The first-order valence-electron chi connectivity index (χ1n) is 5.42. The Bertz CT molecular complexity index is 323. The molecule has 0 atom stereocenters. The highest BCUT2D eigenvalue weighted by atomic mass is 32.2. The van der Waals surface area contributed by atoms with E-state index in [1.165, 1.54) is 0 Å². The van der Waals surface area contributed by atoms with Gasteiger partial charge >= 0.3 is 0 Å². The molecular formula is C9H19N3O3S. The summed E-state index contributed by atoms with van der Waals surface area (Å²) in [6.45, 7) is 2.34. The molecule has 7 heteroatoms. The summed E-state index contributed by atoms with van der Waals surface area (Å²) in [6.07, 6.45) is 2.80. The Hall–Kier alpha value is -0.660. The Morgan fingerprint density at radius 2 is 1.94 bits per heavy atom. The molecule has 0 aromatic heterocycles. The van der Waals surface area contributed by atoms with Crippen molar-refractivity contribution in [2.75, 3.05) is 32.4 Å². The highest BCUT2D eigenvalue weighted by molar-refractivity contribution is 7.88. The number of nitrogens with one attached hydrogen (secondary N) is 3. The number of piperidine rings is 1. The summed E-state index contributed by atoms with van der Waals surface area (Å²) in [4.78, 5) is 11.6. The average molecular weight is 249 g/mol. The average Bonchev–Trinajstić information content (AvgIpc) is 2.24. The molecule has 1 saturated heterocycles. The Morgan fingerprint density at radius 1 is 1.31 bits per heavy atom. The highest BCUT2D eigenvalue weighted by Crippen LogP contribution is 2.10. The number of amides is 1. The van der Waals surface area contributed by atoms with Crippen LogP contribution in [0.1, 0.15) is 12.8 Å². The van der Waals surface area contributed by atoms with Gasteiger partial charge in [-0.3, -0.25) is 4.79 Å². The smallest absolute Gasteiger partial charge is 0.223 e. The van der Waals surface area contributed by atoms with Crippen molar-refractivity contribution in [2.24, 2.45) is 5.92 Å². The van der Waals surface area contributed by atoms with E-state index in [1.807, 2.05) is 0 Å². The molecule has 1 heterocycles. The van der Waals surface area contributed by atoms with Crippen LogP contribution in [0.2, 0.25) is 0 Å². The Labute approximate surface area is 96.2 Å². The van der Waals surface area contributed by atoms with Gasteiger partial charge in [0.05, 0.1) is 6.26 Å². The fourth-order valence-corrected chi connectivity index (χ4v) is 2.12. The monoisotopic (exact) mass is 249 g/mol. The molecule has 1 fully saturated rings. The summed E-state index contributed by atoms with van der Waals surface area (Å²) in [5.41, 5.74) is 0. The second-order valence-electron chi connectivity index (χ2n) is 3.98. The van der Waals surface area contributed by atoms with Crippen molar-refractivity contribution in [3.8, 4) is 0 Å². The van der Waals surface area contributed by atoms with Crippen molar-refractivity contribution in [1.82, 2.24) is 15.4 Å². The largest absolute Gasteiger partial charge is 0.355 e. The molecule has 0 unspecified atom stereocenters. The first kappa shape index (κ1) is 13.4. The molecule has 0 aromatic rings. The minimum Gasteiger partial charge on any atom is -0.355 e. The maximum atomic E-state index is 11.6. The molecule has 0 saturated carbocycles. The molecule has 0 spiro atoms. The molecule has 6 nitrogen and oxygen atoms in total. The highest BCUT2D eigenvalue weighted by Gasteiger charge is 2.20. The fraction of sp³-hybridized carbons (Fsp3) is 0.889. The van der Waals surface area contributed by atoms with Crippen molar-refractivity contribution in [2.45, 2.75) is 12.8 Å². The molecule has 0 aliphatic carbocycles. The first-order chi connectivity index (χ1) is 7.49. The molecule has 1 rings (SSSR count). The number of rotatable bonds is 5. The third kappa shape index (κ3) is 5.43. The number of hydrogen-bond acceptors (Lipinski definition) is 4. The topological polar surface area (TPSA) is 87.3 Å². The van der Waals surface area contributed by atoms with Gasteiger partial charge in [0, 0.05) is 19.0 Å². The third-order valence-electron chi connectivity index (χ3n) is 2.50. The van der Waals surface area contributed by atoms with Crippen LogP contribution in [0.15, 0.2) is 0 Å². The second kappa shape index (κ2) is 6.17. The van der Waals surface area contributed by atoms with Crippen LogP contribution < -0.4 is 15.4 Å². The zero-order chi connectivity index (χ0) is 12.0. The second-order valence-corrected chi connectivity index (χ2v) is 5.81. The summed E-state index contributed by atoms with van der Waals surface area (Å²) in [6, 6.07) is 0. The van der Waals surface area contributed by atoms with Crippen LogP contribution in [-0.4, -0.2) is 46.8 Å². The minimum absolute atomic E-state index is 0.0248. The number of hydrogen-bond donors (Lipinski definition) is 3. The van der Waals surface area contributed by atoms with E-state index in [2.05, 4.69) is 15.4 Å². The molecule has 0 aromatic carbocycles. The van der Waals surface area contributed by atoms with Gasteiger partial charge in [-0.25, -0.2) is 13.1 Å². The van der Waals surface area contributed by atoms with Gasteiger partial charge in [0.2, 0.25) is 15.9 Å². The van der Waals surface area contributed by atoms with E-state index in [0.29, 0.717) is 6.54 Å². The van der Waals surface area contributed by atoms with Crippen molar-refractivity contribution < 1.29 is 13.2 Å². The van der Waals surface area contributed by atoms with Gasteiger partial charge in [0.15, 0.2) is 0 Å². The van der Waals surface area contributed by atoms with E-state index in [0.717, 1.165) is 32.2 Å². The molecular weight excluding hydrogens is 230 g/mol. The molecule has 16 heavy (non-hydrogen) atoms. The van der Waals surface area contributed by atoms with E-state index < -0.39 is 10.0 Å². The Kier molecular flexibility index (Phi) is 5.17. The number of carbonyl (C=O) groups excluding carboxylic acids is 1. The molecule has 94 valence electrons. The maximum absolute atomic E-state index is 11.6. The van der Waals surface area contributed by atoms with Crippen molar-refractivity contribution in [3.63, 3.8) is 0 Å². The summed E-state index contributed by atoms with van der Waals surface area (Å²) in [5.74, 6) is 0.0938. The quantitative estimate of drug-likeness (QED) is 0.526.